The van der Waals surface area contributed by atoms with Gasteiger partial charge in [0.1, 0.15) is 0 Å². The number of rotatable bonds is 13. The molecule has 38 heavy (non-hydrogen) atoms. The third kappa shape index (κ3) is 9.65. The Morgan fingerprint density at radius 3 is 1.24 bits per heavy atom. The van der Waals surface area contributed by atoms with E-state index in [-0.39, 0.29) is 26.2 Å². The maximum atomic E-state index is 12.1. The molecule has 2 rings (SSSR count). The van der Waals surface area contributed by atoms with Gasteiger partial charge in [0.15, 0.2) is 10.8 Å². The average molecular weight is 529 g/mol. The Bertz CT molecular complexity index is 1000. The molecule has 2 aromatic rings. The van der Waals surface area contributed by atoms with E-state index in [1.165, 1.54) is 6.92 Å². The summed E-state index contributed by atoms with van der Waals surface area (Å²) in [4.78, 5) is 47.1. The van der Waals surface area contributed by atoms with Crippen LogP contribution in [0.3, 0.4) is 0 Å². The summed E-state index contributed by atoms with van der Waals surface area (Å²) in [6, 6.07) is 19.2. The highest BCUT2D eigenvalue weighted by Gasteiger charge is 2.44. The highest BCUT2D eigenvalue weighted by Crippen LogP contribution is 2.28. The molecule has 0 amide bonds. The average Bonchev–Trinajstić information content (AvgIpc) is 2.92. The van der Waals surface area contributed by atoms with Gasteiger partial charge in [-0.25, -0.2) is 0 Å². The third-order valence-electron chi connectivity index (χ3n) is 6.16. The number of aryl methyl sites for hydroxylation is 2. The highest BCUT2D eigenvalue weighted by molar-refractivity contribution is 5.99. The van der Waals surface area contributed by atoms with Gasteiger partial charge in [-0.2, -0.15) is 0 Å². The van der Waals surface area contributed by atoms with Crippen LogP contribution in [0.2, 0.25) is 0 Å². The minimum absolute atomic E-state index is 0.188. The van der Waals surface area contributed by atoms with Crippen molar-refractivity contribution in [2.24, 2.45) is 10.8 Å². The molecule has 0 saturated heterocycles. The van der Waals surface area contributed by atoms with Crippen LogP contribution in [0.5, 0.6) is 0 Å². The van der Waals surface area contributed by atoms with Gasteiger partial charge < -0.3 is 19.3 Å². The number of carbonyl (C=O) groups is 4. The van der Waals surface area contributed by atoms with Gasteiger partial charge >= 0.3 is 23.9 Å². The molecule has 0 heterocycles. The zero-order valence-corrected chi connectivity index (χ0v) is 23.0. The molecule has 0 spiro atoms. The summed E-state index contributed by atoms with van der Waals surface area (Å²) in [6.45, 7) is 8.80. The van der Waals surface area contributed by atoms with Crippen LogP contribution in [0, 0.1) is 10.8 Å². The molecule has 208 valence electrons. The normalized spacial score (nSPS) is 12.2. The molecule has 0 bridgehead atoms. The molecular formula is C30H40O8. The fourth-order valence-corrected chi connectivity index (χ4v) is 3.53. The van der Waals surface area contributed by atoms with Crippen LogP contribution in [-0.4, -0.2) is 48.8 Å². The van der Waals surface area contributed by atoms with Gasteiger partial charge in [0.25, 0.3) is 0 Å². The number of carboxylic acid groups (broad SMARTS) is 1. The summed E-state index contributed by atoms with van der Waals surface area (Å²) in [5, 5.41) is 9.21. The topological polar surface area (TPSA) is 116 Å². The lowest BCUT2D eigenvalue weighted by Gasteiger charge is -2.24. The fraction of sp³-hybridized carbons (Fsp3) is 0.467. The second-order valence-electron chi connectivity index (χ2n) is 9.10. The summed E-state index contributed by atoms with van der Waals surface area (Å²) in [7, 11) is 0. The van der Waals surface area contributed by atoms with Gasteiger partial charge in [0.05, 0.1) is 19.8 Å². The molecular weight excluding hydrogens is 488 g/mol. The number of carboxylic acids is 1. The van der Waals surface area contributed by atoms with Crippen LogP contribution >= 0.6 is 0 Å². The summed E-state index contributed by atoms with van der Waals surface area (Å²) >= 11 is 0. The van der Waals surface area contributed by atoms with E-state index in [4.69, 9.17) is 14.2 Å². The van der Waals surface area contributed by atoms with Crippen LogP contribution in [-0.2, 0) is 46.2 Å². The zero-order chi connectivity index (χ0) is 28.6. The standard InChI is InChI=1S/C16H22O4.C14H18O4/c1-4-19-14(17)16(3,15(18)20-5-2)12-11-13-9-7-6-8-10-13;1-3-18-13(17)14(2,12(15)16)10-9-11-7-5-4-6-8-11/h6-10H,4-5,11-12H2,1-3H3;4-8H,3,9-10H2,1-2H3,(H,15,16). The van der Waals surface area contributed by atoms with E-state index in [9.17, 15) is 24.3 Å². The second kappa shape index (κ2) is 16.2. The quantitative estimate of drug-likeness (QED) is 0.219. The summed E-state index contributed by atoms with van der Waals surface area (Å²) in [5.74, 6) is -2.85. The van der Waals surface area contributed by atoms with Crippen molar-refractivity contribution in [3.05, 3.63) is 71.8 Å². The number of hydrogen-bond donors (Lipinski definition) is 1. The first kappa shape index (κ1) is 32.3. The Kier molecular flexibility index (Phi) is 13.8. The number of ether oxygens (including phenoxy) is 3. The molecule has 8 nitrogen and oxygen atoms in total. The molecule has 0 aromatic heterocycles. The van der Waals surface area contributed by atoms with Crippen molar-refractivity contribution >= 4 is 23.9 Å². The van der Waals surface area contributed by atoms with Gasteiger partial charge in [0, 0.05) is 0 Å². The smallest absolute Gasteiger partial charge is 0.323 e. The predicted octanol–water partition coefficient (Wildman–Crippen LogP) is 5.02. The second-order valence-corrected chi connectivity index (χ2v) is 9.10. The molecule has 1 atom stereocenters. The largest absolute Gasteiger partial charge is 0.480 e. The number of carbonyl (C=O) groups excluding carboxylic acids is 3. The number of aliphatic carboxylic acids is 1. The Balaban J connectivity index is 0.000000382. The Labute approximate surface area is 225 Å². The third-order valence-corrected chi connectivity index (χ3v) is 6.16. The van der Waals surface area contributed by atoms with Gasteiger partial charge in [-0.1, -0.05) is 60.7 Å². The van der Waals surface area contributed by atoms with Crippen LogP contribution < -0.4 is 0 Å². The predicted molar refractivity (Wildman–Crippen MR) is 143 cm³/mol. The van der Waals surface area contributed by atoms with Gasteiger partial charge in [-0.05, 0) is 71.4 Å². The number of esters is 3. The summed E-state index contributed by atoms with van der Waals surface area (Å²) < 4.78 is 14.9. The van der Waals surface area contributed by atoms with Crippen molar-refractivity contribution in [2.45, 2.75) is 60.3 Å². The Morgan fingerprint density at radius 1 is 0.605 bits per heavy atom. The van der Waals surface area contributed by atoms with Crippen molar-refractivity contribution in [1.82, 2.24) is 0 Å². The van der Waals surface area contributed by atoms with E-state index in [0.717, 1.165) is 11.1 Å². The molecule has 8 heteroatoms. The molecule has 0 aliphatic heterocycles. The van der Waals surface area contributed by atoms with E-state index in [1.54, 1.807) is 27.7 Å². The monoisotopic (exact) mass is 528 g/mol. The van der Waals surface area contributed by atoms with Crippen molar-refractivity contribution in [2.75, 3.05) is 19.8 Å². The first-order valence-corrected chi connectivity index (χ1v) is 12.9. The zero-order valence-electron chi connectivity index (χ0n) is 23.0. The number of hydrogen-bond acceptors (Lipinski definition) is 7. The van der Waals surface area contributed by atoms with Crippen molar-refractivity contribution in [1.29, 1.82) is 0 Å². The lowest BCUT2D eigenvalue weighted by molar-refractivity contribution is -0.171. The van der Waals surface area contributed by atoms with Crippen molar-refractivity contribution in [3.63, 3.8) is 0 Å². The molecule has 0 aliphatic carbocycles. The van der Waals surface area contributed by atoms with Crippen LogP contribution in [0.15, 0.2) is 60.7 Å². The maximum absolute atomic E-state index is 12.1. The molecule has 0 aliphatic rings. The first-order valence-electron chi connectivity index (χ1n) is 12.9. The number of benzene rings is 2. The molecule has 1 unspecified atom stereocenters. The Hall–Kier alpha value is -3.68. The molecule has 0 fully saturated rings. The van der Waals surface area contributed by atoms with Gasteiger partial charge in [-0.3, -0.25) is 19.2 Å². The SMILES string of the molecule is CCOC(=O)C(C)(CCc1ccccc1)C(=O)O.CCOC(=O)C(C)(CCc1ccccc1)C(=O)OCC. The van der Waals surface area contributed by atoms with E-state index < -0.39 is 34.7 Å². The summed E-state index contributed by atoms with van der Waals surface area (Å²) in [5.41, 5.74) is -0.644. The van der Waals surface area contributed by atoms with Gasteiger partial charge in [0.2, 0.25) is 0 Å². The van der Waals surface area contributed by atoms with Crippen LogP contribution in [0.4, 0.5) is 0 Å². The maximum Gasteiger partial charge on any atom is 0.323 e. The molecule has 0 saturated carbocycles. The van der Waals surface area contributed by atoms with E-state index in [2.05, 4.69) is 0 Å². The molecule has 0 radical (unpaired) electrons. The Morgan fingerprint density at radius 2 is 0.921 bits per heavy atom. The molecule has 2 aromatic carbocycles. The van der Waals surface area contributed by atoms with Gasteiger partial charge in [-0.15, -0.1) is 0 Å². The van der Waals surface area contributed by atoms with Crippen molar-refractivity contribution in [3.8, 4) is 0 Å². The van der Waals surface area contributed by atoms with E-state index in [1.807, 2.05) is 60.7 Å². The van der Waals surface area contributed by atoms with Crippen LogP contribution in [0.25, 0.3) is 0 Å². The minimum Gasteiger partial charge on any atom is -0.480 e. The van der Waals surface area contributed by atoms with E-state index in [0.29, 0.717) is 19.3 Å². The minimum atomic E-state index is -1.48. The lowest BCUT2D eigenvalue weighted by atomic mass is 9.84. The summed E-state index contributed by atoms with van der Waals surface area (Å²) in [6.07, 6.45) is 1.75. The highest BCUT2D eigenvalue weighted by atomic mass is 16.6. The van der Waals surface area contributed by atoms with Crippen molar-refractivity contribution < 1.29 is 38.5 Å². The first-order chi connectivity index (χ1) is 18.0. The molecule has 1 N–H and O–H groups in total. The fourth-order valence-electron chi connectivity index (χ4n) is 3.53. The lowest BCUT2D eigenvalue weighted by Crippen LogP contribution is -2.40. The van der Waals surface area contributed by atoms with Crippen LogP contribution in [0.1, 0.15) is 58.6 Å². The van der Waals surface area contributed by atoms with E-state index >= 15 is 0 Å².